The van der Waals surface area contributed by atoms with E-state index in [1.807, 2.05) is 17.5 Å². The van der Waals surface area contributed by atoms with E-state index in [1.54, 1.807) is 6.07 Å². The van der Waals surface area contributed by atoms with Crippen molar-refractivity contribution in [2.45, 2.75) is 26.2 Å². The molecular weight excluding hydrogens is 395 g/mol. The second-order valence-corrected chi connectivity index (χ2v) is 7.69. The van der Waals surface area contributed by atoms with Gasteiger partial charge in [-0.2, -0.15) is 0 Å². The molecule has 2 aromatic carbocycles. The van der Waals surface area contributed by atoms with Crippen LogP contribution in [0.15, 0.2) is 53.9 Å². The van der Waals surface area contributed by atoms with Crippen molar-refractivity contribution < 1.29 is 9.18 Å². The highest BCUT2D eigenvalue weighted by Gasteiger charge is 2.09. The quantitative estimate of drug-likeness (QED) is 0.452. The maximum atomic E-state index is 13.7. The zero-order valence-electron chi connectivity index (χ0n) is 15.6. The van der Waals surface area contributed by atoms with Crippen molar-refractivity contribution in [1.29, 1.82) is 0 Å². The first-order chi connectivity index (χ1) is 13.5. The molecular formula is C22H20ClFN2OS. The summed E-state index contributed by atoms with van der Waals surface area (Å²) in [5.41, 5.74) is 3.28. The number of halogens is 2. The molecule has 0 radical (unpaired) electrons. The average molecular weight is 415 g/mol. The van der Waals surface area contributed by atoms with Crippen molar-refractivity contribution in [3.05, 3.63) is 75.9 Å². The minimum atomic E-state index is -0.478. The average Bonchev–Trinajstić information content (AvgIpc) is 3.15. The molecule has 3 rings (SSSR count). The molecule has 1 amide bonds. The van der Waals surface area contributed by atoms with Gasteiger partial charge in [0, 0.05) is 22.6 Å². The van der Waals surface area contributed by atoms with Crippen LogP contribution in [-0.2, 0) is 4.79 Å². The highest BCUT2D eigenvalue weighted by Crippen LogP contribution is 2.27. The summed E-state index contributed by atoms with van der Waals surface area (Å²) in [6.45, 7) is 4.37. The molecule has 0 bridgehead atoms. The number of hydrogen-bond donors (Lipinski definition) is 1. The Hall–Kier alpha value is -2.50. The lowest BCUT2D eigenvalue weighted by molar-refractivity contribution is -0.111. The number of amides is 1. The molecule has 1 aromatic heterocycles. The van der Waals surface area contributed by atoms with Crippen LogP contribution in [0.5, 0.6) is 0 Å². The second kappa shape index (κ2) is 9.13. The molecule has 1 heterocycles. The van der Waals surface area contributed by atoms with Gasteiger partial charge in [-0.25, -0.2) is 9.37 Å². The van der Waals surface area contributed by atoms with Crippen molar-refractivity contribution in [3.63, 3.8) is 0 Å². The first kappa shape index (κ1) is 20.2. The molecule has 0 aliphatic carbocycles. The number of benzene rings is 2. The molecule has 1 unspecified atom stereocenters. The predicted molar refractivity (Wildman–Crippen MR) is 115 cm³/mol. The van der Waals surface area contributed by atoms with E-state index in [2.05, 4.69) is 36.3 Å². The third kappa shape index (κ3) is 4.86. The van der Waals surface area contributed by atoms with Gasteiger partial charge in [-0.1, -0.05) is 55.8 Å². The van der Waals surface area contributed by atoms with E-state index in [9.17, 15) is 9.18 Å². The van der Waals surface area contributed by atoms with Crippen LogP contribution >= 0.6 is 22.9 Å². The van der Waals surface area contributed by atoms with Crippen LogP contribution in [0.1, 0.15) is 37.3 Å². The minimum Gasteiger partial charge on any atom is -0.298 e. The van der Waals surface area contributed by atoms with Gasteiger partial charge in [0.2, 0.25) is 5.91 Å². The Labute approximate surface area is 172 Å². The largest absolute Gasteiger partial charge is 0.298 e. The first-order valence-corrected chi connectivity index (χ1v) is 10.2. The standard InChI is InChI=1S/C22H20ClFN2OS/c1-3-14(2)15-7-9-16(10-8-15)20-13-28-22(25-20)26-21(27)12-11-17-18(23)5-4-6-19(17)24/h4-14H,3H2,1-2H3,(H,25,26,27)/b12-11+. The van der Waals surface area contributed by atoms with E-state index in [4.69, 9.17) is 11.6 Å². The molecule has 0 spiro atoms. The predicted octanol–water partition coefficient (Wildman–Crippen LogP) is 6.77. The Morgan fingerprint density at radius 1 is 1.29 bits per heavy atom. The number of nitrogens with zero attached hydrogens (tertiary/aromatic N) is 1. The Balaban J connectivity index is 1.67. The lowest BCUT2D eigenvalue weighted by Crippen LogP contribution is -2.07. The molecule has 1 N–H and O–H groups in total. The van der Waals surface area contributed by atoms with E-state index in [0.717, 1.165) is 17.7 Å². The van der Waals surface area contributed by atoms with Crippen LogP contribution in [0.3, 0.4) is 0 Å². The summed E-state index contributed by atoms with van der Waals surface area (Å²) in [5, 5.41) is 5.32. The normalized spacial score (nSPS) is 12.3. The summed E-state index contributed by atoms with van der Waals surface area (Å²) in [7, 11) is 0. The van der Waals surface area contributed by atoms with Gasteiger partial charge in [-0.15, -0.1) is 11.3 Å². The summed E-state index contributed by atoms with van der Waals surface area (Å²) in [4.78, 5) is 16.6. The number of carbonyl (C=O) groups is 1. The maximum absolute atomic E-state index is 13.7. The molecule has 0 aliphatic heterocycles. The van der Waals surface area contributed by atoms with Crippen LogP contribution in [-0.4, -0.2) is 10.9 Å². The molecule has 144 valence electrons. The minimum absolute atomic E-state index is 0.181. The molecule has 0 saturated carbocycles. The van der Waals surface area contributed by atoms with Gasteiger partial charge in [-0.05, 0) is 36.1 Å². The molecule has 28 heavy (non-hydrogen) atoms. The zero-order valence-corrected chi connectivity index (χ0v) is 17.2. The van der Waals surface area contributed by atoms with Crippen molar-refractivity contribution in [2.75, 3.05) is 5.32 Å². The fourth-order valence-corrected chi connectivity index (χ4v) is 3.61. The number of rotatable bonds is 6. The highest BCUT2D eigenvalue weighted by atomic mass is 35.5. The Morgan fingerprint density at radius 2 is 2.04 bits per heavy atom. The Morgan fingerprint density at radius 3 is 2.71 bits per heavy atom. The summed E-state index contributed by atoms with van der Waals surface area (Å²) in [6.07, 6.45) is 3.69. The number of carbonyl (C=O) groups excluding carboxylic acids is 1. The summed E-state index contributed by atoms with van der Waals surface area (Å²) >= 11 is 7.29. The summed E-state index contributed by atoms with van der Waals surface area (Å²) in [5.74, 6) is -0.352. The summed E-state index contributed by atoms with van der Waals surface area (Å²) in [6, 6.07) is 12.7. The SMILES string of the molecule is CCC(C)c1ccc(-c2csc(NC(=O)/C=C/c3c(F)cccc3Cl)n2)cc1. The van der Waals surface area contributed by atoms with E-state index in [0.29, 0.717) is 11.0 Å². The number of hydrogen-bond acceptors (Lipinski definition) is 3. The molecule has 1 atom stereocenters. The van der Waals surface area contributed by atoms with Crippen molar-refractivity contribution in [1.82, 2.24) is 4.98 Å². The topological polar surface area (TPSA) is 42.0 Å². The third-order valence-electron chi connectivity index (χ3n) is 4.52. The molecule has 0 saturated heterocycles. The Kier molecular flexibility index (Phi) is 6.60. The van der Waals surface area contributed by atoms with Crippen molar-refractivity contribution in [3.8, 4) is 11.3 Å². The smallest absolute Gasteiger partial charge is 0.250 e. The van der Waals surface area contributed by atoms with Crippen LogP contribution in [0.2, 0.25) is 5.02 Å². The Bertz CT molecular complexity index is 978. The van der Waals surface area contributed by atoms with Crippen LogP contribution < -0.4 is 5.32 Å². The first-order valence-electron chi connectivity index (χ1n) is 8.97. The molecule has 6 heteroatoms. The molecule has 0 aliphatic rings. The number of thiazole rings is 1. The van der Waals surface area contributed by atoms with Gasteiger partial charge in [0.15, 0.2) is 5.13 Å². The van der Waals surface area contributed by atoms with Gasteiger partial charge < -0.3 is 0 Å². The second-order valence-electron chi connectivity index (χ2n) is 6.43. The van der Waals surface area contributed by atoms with Gasteiger partial charge in [0.05, 0.1) is 10.7 Å². The van der Waals surface area contributed by atoms with E-state index in [-0.39, 0.29) is 10.6 Å². The fraction of sp³-hybridized carbons (Fsp3) is 0.182. The monoisotopic (exact) mass is 414 g/mol. The molecule has 3 aromatic rings. The molecule has 0 fully saturated rings. The zero-order chi connectivity index (χ0) is 20.1. The van der Waals surface area contributed by atoms with Gasteiger partial charge >= 0.3 is 0 Å². The highest BCUT2D eigenvalue weighted by molar-refractivity contribution is 7.14. The maximum Gasteiger partial charge on any atom is 0.250 e. The van der Waals surface area contributed by atoms with Crippen LogP contribution in [0, 0.1) is 5.82 Å². The van der Waals surface area contributed by atoms with Gasteiger partial charge in [0.25, 0.3) is 0 Å². The lowest BCUT2D eigenvalue weighted by atomic mass is 9.97. The summed E-state index contributed by atoms with van der Waals surface area (Å²) < 4.78 is 13.7. The fourth-order valence-electron chi connectivity index (χ4n) is 2.66. The lowest BCUT2D eigenvalue weighted by Gasteiger charge is -2.08. The van der Waals surface area contributed by atoms with E-state index >= 15 is 0 Å². The third-order valence-corrected chi connectivity index (χ3v) is 5.61. The number of anilines is 1. The van der Waals surface area contributed by atoms with Gasteiger partial charge in [-0.3, -0.25) is 10.1 Å². The van der Waals surface area contributed by atoms with Crippen molar-refractivity contribution in [2.24, 2.45) is 0 Å². The number of nitrogens with one attached hydrogen (secondary N) is 1. The van der Waals surface area contributed by atoms with Crippen LogP contribution in [0.25, 0.3) is 17.3 Å². The van der Waals surface area contributed by atoms with Crippen molar-refractivity contribution >= 4 is 40.1 Å². The molecule has 3 nitrogen and oxygen atoms in total. The number of aromatic nitrogens is 1. The van der Waals surface area contributed by atoms with E-state index < -0.39 is 11.7 Å². The van der Waals surface area contributed by atoms with Gasteiger partial charge in [0.1, 0.15) is 5.82 Å². The van der Waals surface area contributed by atoms with Crippen LogP contribution in [0.4, 0.5) is 9.52 Å². The van der Waals surface area contributed by atoms with E-state index in [1.165, 1.54) is 41.2 Å².